The van der Waals surface area contributed by atoms with Crippen LogP contribution in [-0.2, 0) is 28.6 Å². The molecular formula is C67H104O6. The first-order valence-electron chi connectivity index (χ1n) is 29.0. The lowest BCUT2D eigenvalue weighted by molar-refractivity contribution is -0.166. The largest absolute Gasteiger partial charge is 0.462 e. The monoisotopic (exact) mass is 1000 g/mol. The van der Waals surface area contributed by atoms with Crippen LogP contribution in [0.3, 0.4) is 0 Å². The lowest BCUT2D eigenvalue weighted by Crippen LogP contribution is -2.30. The summed E-state index contributed by atoms with van der Waals surface area (Å²) in [7, 11) is 0. The van der Waals surface area contributed by atoms with Gasteiger partial charge < -0.3 is 14.2 Å². The average molecular weight is 1010 g/mol. The van der Waals surface area contributed by atoms with E-state index in [2.05, 4.69) is 167 Å². The van der Waals surface area contributed by atoms with E-state index in [1.165, 1.54) is 70.6 Å². The van der Waals surface area contributed by atoms with Crippen LogP contribution in [0.5, 0.6) is 0 Å². The van der Waals surface area contributed by atoms with Gasteiger partial charge in [0.15, 0.2) is 6.10 Å². The Bertz CT molecular complexity index is 1670. The fraction of sp³-hybridized carbons (Fsp3) is 0.567. The summed E-state index contributed by atoms with van der Waals surface area (Å²) in [4.78, 5) is 38.1. The Hall–Kier alpha value is -4.97. The molecule has 1 atom stereocenters. The summed E-state index contributed by atoms with van der Waals surface area (Å²) in [6.07, 6.45) is 86.9. The lowest BCUT2D eigenvalue weighted by atomic mass is 10.1. The molecule has 0 bridgehead atoms. The SMILES string of the molecule is CC/C=C\C/C=C\C/C=C\C/C=C\C/C=C\C/C=C\CCCCC(=O)OCC(COC(=O)C/C=C\C/C=C\C/C=C\C/C=C\C/C=C\CC)OC(=O)CCCCCCCCCCC/C=C\C/C=C\CCCCC. The molecule has 0 spiro atoms. The van der Waals surface area contributed by atoms with E-state index in [0.29, 0.717) is 6.42 Å². The van der Waals surface area contributed by atoms with Gasteiger partial charge in [0.2, 0.25) is 0 Å². The third kappa shape index (κ3) is 57.8. The topological polar surface area (TPSA) is 78.9 Å². The second-order valence-electron chi connectivity index (χ2n) is 18.4. The fourth-order valence-corrected chi connectivity index (χ4v) is 7.25. The van der Waals surface area contributed by atoms with Gasteiger partial charge in [0.1, 0.15) is 13.2 Å². The van der Waals surface area contributed by atoms with Gasteiger partial charge in [-0.05, 0) is 128 Å². The molecule has 0 aliphatic heterocycles. The zero-order chi connectivity index (χ0) is 52.9. The number of hydrogen-bond acceptors (Lipinski definition) is 6. The van der Waals surface area contributed by atoms with E-state index in [0.717, 1.165) is 109 Å². The van der Waals surface area contributed by atoms with Crippen LogP contribution in [0.25, 0.3) is 0 Å². The zero-order valence-electron chi connectivity index (χ0n) is 46.6. The molecule has 0 fully saturated rings. The molecule has 0 amide bonds. The van der Waals surface area contributed by atoms with E-state index >= 15 is 0 Å². The lowest BCUT2D eigenvalue weighted by Gasteiger charge is -2.18. The van der Waals surface area contributed by atoms with Gasteiger partial charge in [-0.3, -0.25) is 14.4 Å². The Morgan fingerprint density at radius 3 is 0.986 bits per heavy atom. The maximum Gasteiger partial charge on any atom is 0.309 e. The van der Waals surface area contributed by atoms with E-state index in [1.807, 2.05) is 6.08 Å². The van der Waals surface area contributed by atoms with Gasteiger partial charge in [0, 0.05) is 12.8 Å². The van der Waals surface area contributed by atoms with Crippen LogP contribution >= 0.6 is 0 Å². The minimum atomic E-state index is -0.847. The van der Waals surface area contributed by atoms with E-state index in [9.17, 15) is 14.4 Å². The highest BCUT2D eigenvalue weighted by atomic mass is 16.6. The highest BCUT2D eigenvalue weighted by molar-refractivity contribution is 5.72. The van der Waals surface area contributed by atoms with Crippen molar-refractivity contribution in [1.82, 2.24) is 0 Å². The first kappa shape index (κ1) is 68.0. The van der Waals surface area contributed by atoms with Gasteiger partial charge in [-0.25, -0.2) is 0 Å². The normalized spacial score (nSPS) is 13.3. The average Bonchev–Trinajstić information content (AvgIpc) is 3.39. The summed E-state index contributed by atoms with van der Waals surface area (Å²) >= 11 is 0. The molecular weight excluding hydrogens is 901 g/mol. The molecule has 0 aromatic heterocycles. The minimum absolute atomic E-state index is 0.111. The summed E-state index contributed by atoms with van der Waals surface area (Å²) in [6.45, 7) is 6.24. The Labute approximate surface area is 448 Å². The molecule has 0 aromatic carbocycles. The second-order valence-corrected chi connectivity index (χ2v) is 18.4. The van der Waals surface area contributed by atoms with Gasteiger partial charge in [-0.1, -0.05) is 237 Å². The zero-order valence-corrected chi connectivity index (χ0v) is 46.6. The van der Waals surface area contributed by atoms with Gasteiger partial charge in [0.05, 0.1) is 6.42 Å². The molecule has 6 heteroatoms. The van der Waals surface area contributed by atoms with Crippen LogP contribution in [0.2, 0.25) is 0 Å². The third-order valence-corrected chi connectivity index (χ3v) is 11.5. The first-order chi connectivity index (χ1) is 36.0. The fourth-order valence-electron chi connectivity index (χ4n) is 7.25. The summed E-state index contributed by atoms with van der Waals surface area (Å²) in [6, 6.07) is 0. The smallest absolute Gasteiger partial charge is 0.309 e. The van der Waals surface area contributed by atoms with Crippen LogP contribution in [0.4, 0.5) is 0 Å². The molecule has 408 valence electrons. The van der Waals surface area contributed by atoms with Crippen LogP contribution < -0.4 is 0 Å². The number of unbranched alkanes of at least 4 members (excludes halogenated alkanes) is 14. The van der Waals surface area contributed by atoms with Crippen LogP contribution in [0.15, 0.2) is 158 Å². The highest BCUT2D eigenvalue weighted by Crippen LogP contribution is 2.13. The molecule has 0 radical (unpaired) electrons. The summed E-state index contributed by atoms with van der Waals surface area (Å²) in [5.41, 5.74) is 0. The molecule has 0 N–H and O–H groups in total. The van der Waals surface area contributed by atoms with Crippen molar-refractivity contribution in [2.75, 3.05) is 13.2 Å². The van der Waals surface area contributed by atoms with Crippen molar-refractivity contribution in [2.45, 2.75) is 232 Å². The number of rotatable bonds is 50. The Morgan fingerprint density at radius 2 is 0.589 bits per heavy atom. The number of esters is 3. The van der Waals surface area contributed by atoms with E-state index in [-0.39, 0.29) is 44.4 Å². The molecule has 73 heavy (non-hydrogen) atoms. The number of carbonyl (C=O) groups is 3. The maximum atomic E-state index is 12.9. The second kappa shape index (κ2) is 59.6. The number of carbonyl (C=O) groups excluding carboxylic acids is 3. The standard InChI is InChI=1S/C67H104O6/c1-4-7-10-13-16-19-22-25-28-30-32-33-35-36-39-42-45-48-51-54-57-60-66(69)72-63-64(62-71-65(68)59-56-53-50-47-44-41-38-27-24-21-18-15-12-9-6-3)73-67(70)61-58-55-52-49-46-43-40-37-34-31-29-26-23-20-17-14-11-8-5-2/h7,9-10,12,16-21,25-29,32-33,36,38-39,44-45,47-48,53,56,64H,4-6,8,11,13-15,22-24,30-31,34-35,37,40-43,46,49-52,54-55,57-63H2,1-3H3/b10-7-,12-9-,19-16-,20-17-,21-18-,28-25-,29-26-,33-32-,38-27-,39-36-,47-44-,48-45-,56-53-. The molecule has 0 aromatic rings. The van der Waals surface area contributed by atoms with Crippen molar-refractivity contribution in [3.8, 4) is 0 Å². The molecule has 1 unspecified atom stereocenters. The van der Waals surface area contributed by atoms with Gasteiger partial charge >= 0.3 is 17.9 Å². The number of ether oxygens (including phenoxy) is 3. The molecule has 0 aliphatic carbocycles. The van der Waals surface area contributed by atoms with Crippen molar-refractivity contribution in [3.63, 3.8) is 0 Å². The molecule has 0 heterocycles. The van der Waals surface area contributed by atoms with Gasteiger partial charge in [0.25, 0.3) is 0 Å². The van der Waals surface area contributed by atoms with Crippen LogP contribution in [-0.4, -0.2) is 37.2 Å². The van der Waals surface area contributed by atoms with Crippen LogP contribution in [0, 0.1) is 0 Å². The van der Waals surface area contributed by atoms with Crippen LogP contribution in [0.1, 0.15) is 226 Å². The molecule has 0 saturated carbocycles. The van der Waals surface area contributed by atoms with E-state index in [1.54, 1.807) is 6.08 Å². The Kier molecular flexibility index (Phi) is 55.5. The summed E-state index contributed by atoms with van der Waals surface area (Å²) in [5.74, 6) is -1.12. The quantitative estimate of drug-likeness (QED) is 0.0261. The van der Waals surface area contributed by atoms with Crippen molar-refractivity contribution in [3.05, 3.63) is 158 Å². The van der Waals surface area contributed by atoms with Gasteiger partial charge in [-0.15, -0.1) is 0 Å². The third-order valence-electron chi connectivity index (χ3n) is 11.5. The molecule has 0 aliphatic rings. The number of hydrogen-bond donors (Lipinski definition) is 0. The summed E-state index contributed by atoms with van der Waals surface area (Å²) < 4.78 is 16.7. The van der Waals surface area contributed by atoms with Crippen molar-refractivity contribution >= 4 is 17.9 Å². The number of allylic oxidation sites excluding steroid dienone is 25. The summed E-state index contributed by atoms with van der Waals surface area (Å²) in [5, 5.41) is 0. The van der Waals surface area contributed by atoms with E-state index < -0.39 is 12.1 Å². The molecule has 6 nitrogen and oxygen atoms in total. The maximum absolute atomic E-state index is 12.9. The van der Waals surface area contributed by atoms with Gasteiger partial charge in [-0.2, -0.15) is 0 Å². The predicted octanol–water partition coefficient (Wildman–Crippen LogP) is 19.8. The van der Waals surface area contributed by atoms with E-state index in [4.69, 9.17) is 14.2 Å². The molecule has 0 rings (SSSR count). The minimum Gasteiger partial charge on any atom is -0.462 e. The Morgan fingerprint density at radius 1 is 0.301 bits per heavy atom. The Balaban J connectivity index is 4.59. The van der Waals surface area contributed by atoms with Crippen molar-refractivity contribution < 1.29 is 28.6 Å². The highest BCUT2D eigenvalue weighted by Gasteiger charge is 2.19. The predicted molar refractivity (Wildman–Crippen MR) is 315 cm³/mol. The van der Waals surface area contributed by atoms with Crippen molar-refractivity contribution in [1.29, 1.82) is 0 Å². The van der Waals surface area contributed by atoms with Crippen molar-refractivity contribution in [2.24, 2.45) is 0 Å². The first-order valence-corrected chi connectivity index (χ1v) is 29.0. The molecule has 0 saturated heterocycles.